The minimum atomic E-state index is 0.748. The monoisotopic (exact) mass is 189 g/mol. The second kappa shape index (κ2) is 6.39. The number of hydrogen-bond donors (Lipinski definition) is 1. The zero-order valence-corrected chi connectivity index (χ0v) is 8.87. The summed E-state index contributed by atoms with van der Waals surface area (Å²) in [6, 6.07) is 10.6. The molecular weight excluding hydrogens is 170 g/mol. The number of benzene rings is 1. The van der Waals surface area contributed by atoms with Crippen LogP contribution in [0, 0.1) is 0 Å². The van der Waals surface area contributed by atoms with Crippen molar-refractivity contribution in [2.45, 2.75) is 26.2 Å². The smallest absolute Gasteiger partial charge is 0.00425 e. The molecule has 0 radical (unpaired) electrons. The van der Waals surface area contributed by atoms with Crippen LogP contribution in [0.1, 0.15) is 25.3 Å². The highest BCUT2D eigenvalue weighted by atomic mass is 14.5. The maximum atomic E-state index is 5.48. The number of hydrogen-bond acceptors (Lipinski definition) is 1. The van der Waals surface area contributed by atoms with Crippen molar-refractivity contribution in [3.8, 4) is 0 Å². The molecule has 2 N–H and O–H groups in total. The summed E-state index contributed by atoms with van der Waals surface area (Å²) in [6.45, 7) is 2.95. The Balaban J connectivity index is 2.57. The van der Waals surface area contributed by atoms with Gasteiger partial charge in [0.25, 0.3) is 0 Å². The fraction of sp³-hybridized carbons (Fsp3) is 0.385. The van der Waals surface area contributed by atoms with Gasteiger partial charge in [0.1, 0.15) is 0 Å². The van der Waals surface area contributed by atoms with E-state index in [1.807, 2.05) is 0 Å². The van der Waals surface area contributed by atoms with E-state index in [1.54, 1.807) is 0 Å². The van der Waals surface area contributed by atoms with Crippen LogP contribution in [0.25, 0.3) is 0 Å². The minimum Gasteiger partial charge on any atom is -0.330 e. The predicted octanol–water partition coefficient (Wildman–Crippen LogP) is 2.91. The minimum absolute atomic E-state index is 0.748. The second-order valence-electron chi connectivity index (χ2n) is 3.46. The molecule has 0 unspecified atom stereocenters. The van der Waals surface area contributed by atoms with Crippen LogP contribution in [0.2, 0.25) is 0 Å². The molecular formula is C13H19N. The third kappa shape index (κ3) is 3.75. The molecule has 0 amide bonds. The quantitative estimate of drug-likeness (QED) is 0.708. The van der Waals surface area contributed by atoms with Crippen LogP contribution in [-0.2, 0) is 6.42 Å². The van der Waals surface area contributed by atoms with Crippen molar-refractivity contribution in [2.24, 2.45) is 5.73 Å². The normalized spacial score (nSPS) is 11.7. The van der Waals surface area contributed by atoms with E-state index < -0.39 is 0 Å². The molecule has 0 fully saturated rings. The summed E-state index contributed by atoms with van der Waals surface area (Å²) in [5.74, 6) is 0. The largest absolute Gasteiger partial charge is 0.330 e. The molecule has 0 heterocycles. The van der Waals surface area contributed by atoms with Gasteiger partial charge in [0, 0.05) is 0 Å². The van der Waals surface area contributed by atoms with Crippen LogP contribution < -0.4 is 5.73 Å². The van der Waals surface area contributed by atoms with E-state index in [4.69, 9.17) is 5.73 Å². The highest BCUT2D eigenvalue weighted by Gasteiger charge is 1.96. The number of nitrogens with two attached hydrogens (primary N) is 1. The molecule has 0 aliphatic rings. The van der Waals surface area contributed by atoms with Crippen molar-refractivity contribution in [3.05, 3.63) is 47.5 Å². The van der Waals surface area contributed by atoms with Crippen LogP contribution in [0.5, 0.6) is 0 Å². The summed E-state index contributed by atoms with van der Waals surface area (Å²) in [5, 5.41) is 0. The van der Waals surface area contributed by atoms with E-state index in [-0.39, 0.29) is 0 Å². The van der Waals surface area contributed by atoms with Crippen molar-refractivity contribution < 1.29 is 0 Å². The van der Waals surface area contributed by atoms with E-state index in [1.165, 1.54) is 11.1 Å². The van der Waals surface area contributed by atoms with E-state index in [0.717, 1.165) is 25.8 Å². The lowest BCUT2D eigenvalue weighted by atomic mass is 10.0. The Labute approximate surface area is 86.6 Å². The van der Waals surface area contributed by atoms with E-state index in [9.17, 15) is 0 Å². The van der Waals surface area contributed by atoms with Gasteiger partial charge in [0.05, 0.1) is 0 Å². The maximum absolute atomic E-state index is 5.48. The lowest BCUT2D eigenvalue weighted by molar-refractivity contribution is 0.940. The first-order valence-electron chi connectivity index (χ1n) is 5.28. The average molecular weight is 189 g/mol. The summed E-state index contributed by atoms with van der Waals surface area (Å²) >= 11 is 0. The van der Waals surface area contributed by atoms with Crippen molar-refractivity contribution in [3.63, 3.8) is 0 Å². The molecule has 0 aliphatic carbocycles. The molecule has 0 bridgehead atoms. The predicted molar refractivity (Wildman–Crippen MR) is 62.2 cm³/mol. The summed E-state index contributed by atoms with van der Waals surface area (Å²) in [6.07, 6.45) is 5.45. The summed E-state index contributed by atoms with van der Waals surface area (Å²) in [7, 11) is 0. The standard InChI is InChI=1S/C13H19N/c1-2-12(9-6-10-14)11-13-7-4-3-5-8-13/h3-5,7-9H,2,6,10-11,14H2,1H3/b12-9-. The molecule has 1 rings (SSSR count). The van der Waals surface area contributed by atoms with Gasteiger partial charge in [-0.25, -0.2) is 0 Å². The fourth-order valence-electron chi connectivity index (χ4n) is 1.49. The fourth-order valence-corrected chi connectivity index (χ4v) is 1.49. The Morgan fingerprint density at radius 1 is 1.29 bits per heavy atom. The first-order chi connectivity index (χ1) is 6.86. The summed E-state index contributed by atoms with van der Waals surface area (Å²) in [4.78, 5) is 0. The highest BCUT2D eigenvalue weighted by molar-refractivity contribution is 5.21. The molecule has 0 atom stereocenters. The second-order valence-corrected chi connectivity index (χ2v) is 3.46. The topological polar surface area (TPSA) is 26.0 Å². The van der Waals surface area contributed by atoms with Crippen LogP contribution in [0.15, 0.2) is 42.0 Å². The Morgan fingerprint density at radius 3 is 2.57 bits per heavy atom. The van der Waals surface area contributed by atoms with Gasteiger partial charge in [-0.1, -0.05) is 48.9 Å². The van der Waals surface area contributed by atoms with Gasteiger partial charge in [0.15, 0.2) is 0 Å². The van der Waals surface area contributed by atoms with Crippen LogP contribution in [0.3, 0.4) is 0 Å². The van der Waals surface area contributed by atoms with E-state index in [2.05, 4.69) is 43.3 Å². The molecule has 1 heteroatoms. The van der Waals surface area contributed by atoms with Gasteiger partial charge in [-0.3, -0.25) is 0 Å². The Morgan fingerprint density at radius 2 is 2.00 bits per heavy atom. The Hall–Kier alpha value is -1.08. The van der Waals surface area contributed by atoms with Crippen molar-refractivity contribution in [1.29, 1.82) is 0 Å². The first-order valence-corrected chi connectivity index (χ1v) is 5.28. The number of allylic oxidation sites excluding steroid dienone is 1. The molecule has 0 saturated heterocycles. The first kappa shape index (κ1) is 11.0. The van der Waals surface area contributed by atoms with Gasteiger partial charge < -0.3 is 5.73 Å². The molecule has 76 valence electrons. The SMILES string of the molecule is CC/C(=C/CCN)Cc1ccccc1. The molecule has 1 aromatic rings. The zero-order chi connectivity index (χ0) is 10.2. The Bertz CT molecular complexity index is 275. The van der Waals surface area contributed by atoms with Gasteiger partial charge in [-0.2, -0.15) is 0 Å². The zero-order valence-electron chi connectivity index (χ0n) is 8.87. The van der Waals surface area contributed by atoms with Gasteiger partial charge >= 0.3 is 0 Å². The lowest BCUT2D eigenvalue weighted by Gasteiger charge is -2.04. The summed E-state index contributed by atoms with van der Waals surface area (Å²) < 4.78 is 0. The highest BCUT2D eigenvalue weighted by Crippen LogP contribution is 2.11. The third-order valence-corrected chi connectivity index (χ3v) is 2.33. The lowest BCUT2D eigenvalue weighted by Crippen LogP contribution is -1.97. The molecule has 1 nitrogen and oxygen atoms in total. The van der Waals surface area contributed by atoms with E-state index >= 15 is 0 Å². The van der Waals surface area contributed by atoms with Crippen LogP contribution in [0.4, 0.5) is 0 Å². The van der Waals surface area contributed by atoms with Gasteiger partial charge in [-0.05, 0) is 31.4 Å². The molecule has 0 aliphatic heterocycles. The van der Waals surface area contributed by atoms with Crippen molar-refractivity contribution >= 4 is 0 Å². The molecule has 14 heavy (non-hydrogen) atoms. The van der Waals surface area contributed by atoms with Crippen molar-refractivity contribution in [2.75, 3.05) is 6.54 Å². The third-order valence-electron chi connectivity index (χ3n) is 2.33. The van der Waals surface area contributed by atoms with Crippen molar-refractivity contribution in [1.82, 2.24) is 0 Å². The molecule has 0 spiro atoms. The maximum Gasteiger partial charge on any atom is -0.00425 e. The average Bonchev–Trinajstić information content (AvgIpc) is 2.25. The number of rotatable bonds is 5. The summed E-state index contributed by atoms with van der Waals surface area (Å²) in [5.41, 5.74) is 8.35. The molecule has 0 saturated carbocycles. The van der Waals surface area contributed by atoms with Gasteiger partial charge in [-0.15, -0.1) is 0 Å². The Kier molecular flexibility index (Phi) is 5.02. The molecule has 1 aromatic carbocycles. The van der Waals surface area contributed by atoms with Gasteiger partial charge in [0.2, 0.25) is 0 Å². The van der Waals surface area contributed by atoms with E-state index in [0.29, 0.717) is 0 Å². The van der Waals surface area contributed by atoms with Crippen LogP contribution >= 0.6 is 0 Å². The molecule has 0 aromatic heterocycles. The van der Waals surface area contributed by atoms with Crippen LogP contribution in [-0.4, -0.2) is 6.54 Å².